The first-order valence-electron chi connectivity index (χ1n) is 9.59. The van der Waals surface area contributed by atoms with Crippen molar-refractivity contribution < 1.29 is 0 Å². The molecule has 1 heteroatoms. The van der Waals surface area contributed by atoms with Crippen molar-refractivity contribution in [2.75, 3.05) is 0 Å². The molecule has 128 valence electrons. The summed E-state index contributed by atoms with van der Waals surface area (Å²) in [4.78, 5) is 0. The van der Waals surface area contributed by atoms with Crippen LogP contribution >= 0.6 is 0 Å². The van der Waals surface area contributed by atoms with E-state index in [0.717, 1.165) is 0 Å². The number of fused-ring (bicyclic) bond motifs is 7. The summed E-state index contributed by atoms with van der Waals surface area (Å²) in [6.07, 6.45) is 3.68. The molecule has 0 unspecified atom stereocenters. The van der Waals surface area contributed by atoms with Crippen molar-refractivity contribution >= 4 is 43.4 Å². The number of rotatable bonds is 3. The second-order valence-electron chi connectivity index (χ2n) is 7.36. The monoisotopic (exact) mass is 337 g/mol. The van der Waals surface area contributed by atoms with E-state index in [1.165, 1.54) is 68.2 Å². The predicted molar refractivity (Wildman–Crippen MR) is 114 cm³/mol. The largest absolute Gasteiger partial charge is 0.343 e. The molecule has 1 aromatic heterocycles. The van der Waals surface area contributed by atoms with E-state index in [1.807, 2.05) is 0 Å². The average molecular weight is 337 g/mol. The molecule has 5 aromatic rings. The Morgan fingerprint density at radius 2 is 1.46 bits per heavy atom. The molecule has 1 nitrogen and oxygen atoms in total. The van der Waals surface area contributed by atoms with Gasteiger partial charge in [-0.15, -0.1) is 0 Å². The van der Waals surface area contributed by atoms with Crippen LogP contribution in [-0.2, 0) is 13.5 Å². The van der Waals surface area contributed by atoms with E-state index in [0.29, 0.717) is 0 Å². The lowest BCUT2D eigenvalue weighted by molar-refractivity contribution is 0.796. The van der Waals surface area contributed by atoms with Crippen molar-refractivity contribution in [3.63, 3.8) is 0 Å². The van der Waals surface area contributed by atoms with Crippen LogP contribution in [0.5, 0.6) is 0 Å². The number of aromatic nitrogens is 1. The fourth-order valence-electron chi connectivity index (χ4n) is 4.41. The Morgan fingerprint density at radius 1 is 0.731 bits per heavy atom. The van der Waals surface area contributed by atoms with Crippen LogP contribution in [0.3, 0.4) is 0 Å². The lowest BCUT2D eigenvalue weighted by atomic mass is 9.97. The summed E-state index contributed by atoms with van der Waals surface area (Å²) < 4.78 is 2.34. The summed E-state index contributed by atoms with van der Waals surface area (Å²) in [5.41, 5.74) is 4.08. The van der Waals surface area contributed by atoms with E-state index >= 15 is 0 Å². The molecule has 0 fully saturated rings. The maximum atomic E-state index is 2.37. The first kappa shape index (κ1) is 15.5. The van der Waals surface area contributed by atoms with Crippen LogP contribution in [0, 0.1) is 0 Å². The molecule has 0 aliphatic rings. The maximum absolute atomic E-state index is 2.37. The van der Waals surface area contributed by atoms with Crippen molar-refractivity contribution in [3.05, 3.63) is 72.3 Å². The fraction of sp³-hybridized carbons (Fsp3) is 0.200. The summed E-state index contributed by atoms with van der Waals surface area (Å²) in [5, 5.41) is 8.08. The van der Waals surface area contributed by atoms with Gasteiger partial charge < -0.3 is 4.57 Å². The number of aryl methyl sites for hydroxylation is 2. The minimum atomic E-state index is 1.17. The van der Waals surface area contributed by atoms with Gasteiger partial charge in [0.25, 0.3) is 0 Å². The molecule has 0 amide bonds. The summed E-state index contributed by atoms with van der Waals surface area (Å²) >= 11 is 0. The molecule has 0 spiro atoms. The van der Waals surface area contributed by atoms with Crippen LogP contribution in [0.1, 0.15) is 25.3 Å². The molecule has 0 aliphatic carbocycles. The topological polar surface area (TPSA) is 4.93 Å². The SMILES string of the molecule is CCCCc1ccc2c(ccc3c2ccc2c4ccccc4n(C)c32)c1. The summed E-state index contributed by atoms with van der Waals surface area (Å²) in [5.74, 6) is 0. The summed E-state index contributed by atoms with van der Waals surface area (Å²) in [6, 6.07) is 24.9. The molecule has 0 saturated heterocycles. The van der Waals surface area contributed by atoms with Gasteiger partial charge in [0.2, 0.25) is 0 Å². The first-order chi connectivity index (χ1) is 12.8. The predicted octanol–water partition coefficient (Wildman–Crippen LogP) is 6.98. The smallest absolute Gasteiger partial charge is 0.0568 e. The quantitative estimate of drug-likeness (QED) is 0.313. The van der Waals surface area contributed by atoms with Gasteiger partial charge >= 0.3 is 0 Å². The molecular formula is C25H23N. The lowest BCUT2D eigenvalue weighted by Crippen LogP contribution is -1.89. The second-order valence-corrected chi connectivity index (χ2v) is 7.36. The molecule has 0 atom stereocenters. The highest BCUT2D eigenvalue weighted by Gasteiger charge is 2.12. The third kappa shape index (κ3) is 2.17. The molecule has 1 heterocycles. The minimum absolute atomic E-state index is 1.17. The van der Waals surface area contributed by atoms with E-state index in [-0.39, 0.29) is 0 Å². The highest BCUT2D eigenvalue weighted by Crippen LogP contribution is 2.36. The normalized spacial score (nSPS) is 11.9. The van der Waals surface area contributed by atoms with Gasteiger partial charge in [-0.05, 0) is 40.6 Å². The molecular weight excluding hydrogens is 314 g/mol. The fourth-order valence-corrected chi connectivity index (χ4v) is 4.41. The van der Waals surface area contributed by atoms with Crippen LogP contribution in [0.25, 0.3) is 43.4 Å². The van der Waals surface area contributed by atoms with Crippen LogP contribution < -0.4 is 0 Å². The Balaban J connectivity index is 1.83. The summed E-state index contributed by atoms with van der Waals surface area (Å²) in [6.45, 7) is 2.25. The Labute approximate surface area is 153 Å². The van der Waals surface area contributed by atoms with Gasteiger partial charge in [0.05, 0.1) is 5.52 Å². The van der Waals surface area contributed by atoms with E-state index < -0.39 is 0 Å². The van der Waals surface area contributed by atoms with Crippen molar-refractivity contribution in [2.24, 2.45) is 7.05 Å². The maximum Gasteiger partial charge on any atom is 0.0568 e. The number of hydrogen-bond donors (Lipinski definition) is 0. The van der Waals surface area contributed by atoms with Crippen molar-refractivity contribution in [3.8, 4) is 0 Å². The molecule has 0 aliphatic heterocycles. The highest BCUT2D eigenvalue weighted by atomic mass is 14.9. The zero-order valence-corrected chi connectivity index (χ0v) is 15.4. The van der Waals surface area contributed by atoms with Crippen LogP contribution in [0.15, 0.2) is 66.7 Å². The van der Waals surface area contributed by atoms with E-state index in [9.17, 15) is 0 Å². The average Bonchev–Trinajstić information content (AvgIpc) is 2.99. The standard InChI is InChI=1S/C25H23N/c1-3-4-7-17-10-12-19-18(16-17)11-13-22-20(19)14-15-23-21-8-5-6-9-24(21)26(2)25(22)23/h5-6,8-16H,3-4,7H2,1-2H3. The summed E-state index contributed by atoms with van der Waals surface area (Å²) in [7, 11) is 2.18. The van der Waals surface area contributed by atoms with Crippen LogP contribution in [0.4, 0.5) is 0 Å². The van der Waals surface area contributed by atoms with Gasteiger partial charge in [-0.3, -0.25) is 0 Å². The third-order valence-electron chi connectivity index (χ3n) is 5.76. The number of unbranched alkanes of at least 4 members (excludes halogenated alkanes) is 1. The van der Waals surface area contributed by atoms with Gasteiger partial charge in [0.15, 0.2) is 0 Å². The number of hydrogen-bond acceptors (Lipinski definition) is 0. The van der Waals surface area contributed by atoms with E-state index in [2.05, 4.69) is 85.3 Å². The van der Waals surface area contributed by atoms with E-state index in [1.54, 1.807) is 0 Å². The molecule has 0 N–H and O–H groups in total. The minimum Gasteiger partial charge on any atom is -0.343 e. The first-order valence-corrected chi connectivity index (χ1v) is 9.59. The van der Waals surface area contributed by atoms with Gasteiger partial charge in [-0.1, -0.05) is 74.0 Å². The molecule has 0 radical (unpaired) electrons. The van der Waals surface area contributed by atoms with Gasteiger partial charge in [0, 0.05) is 28.7 Å². The zero-order chi connectivity index (χ0) is 17.7. The number of benzene rings is 4. The van der Waals surface area contributed by atoms with Crippen LogP contribution in [0.2, 0.25) is 0 Å². The van der Waals surface area contributed by atoms with Gasteiger partial charge in [-0.2, -0.15) is 0 Å². The highest BCUT2D eigenvalue weighted by molar-refractivity contribution is 6.22. The lowest BCUT2D eigenvalue weighted by Gasteiger charge is -2.09. The molecule has 0 bridgehead atoms. The number of nitrogens with zero attached hydrogens (tertiary/aromatic N) is 1. The Hall–Kier alpha value is -2.80. The molecule has 4 aromatic carbocycles. The van der Waals surface area contributed by atoms with Crippen LogP contribution in [-0.4, -0.2) is 4.57 Å². The van der Waals surface area contributed by atoms with Gasteiger partial charge in [0.1, 0.15) is 0 Å². The third-order valence-corrected chi connectivity index (χ3v) is 5.76. The van der Waals surface area contributed by atoms with Crippen molar-refractivity contribution in [1.82, 2.24) is 4.57 Å². The van der Waals surface area contributed by atoms with E-state index in [4.69, 9.17) is 0 Å². The van der Waals surface area contributed by atoms with Gasteiger partial charge in [-0.25, -0.2) is 0 Å². The second kappa shape index (κ2) is 5.88. The molecule has 5 rings (SSSR count). The zero-order valence-electron chi connectivity index (χ0n) is 15.4. The Morgan fingerprint density at radius 3 is 2.35 bits per heavy atom. The van der Waals surface area contributed by atoms with Crippen molar-refractivity contribution in [1.29, 1.82) is 0 Å². The Kier molecular flexibility index (Phi) is 3.49. The Bertz CT molecular complexity index is 1270. The molecule has 0 saturated carbocycles. The molecule has 26 heavy (non-hydrogen) atoms. The van der Waals surface area contributed by atoms with Crippen molar-refractivity contribution in [2.45, 2.75) is 26.2 Å². The number of para-hydroxylation sites is 1.